The number of nitrogens with zero attached hydrogens (tertiary/aromatic N) is 4. The number of nitrogen functional groups attached to an aromatic ring is 1. The number of nitrogens with two attached hydrogens (primary N) is 1. The lowest BCUT2D eigenvalue weighted by atomic mass is 9.92. The van der Waals surface area contributed by atoms with E-state index in [9.17, 15) is 9.50 Å². The third kappa shape index (κ3) is 2.04. The molecule has 2 rings (SSSR count). The van der Waals surface area contributed by atoms with E-state index < -0.39 is 11.8 Å². The summed E-state index contributed by atoms with van der Waals surface area (Å²) in [5.41, 5.74) is 4.20. The molecule has 2 heterocycles. The number of hydrogen-bond acceptors (Lipinski definition) is 6. The Hall–Kier alpha value is -1.50. The predicted molar refractivity (Wildman–Crippen MR) is 56.6 cm³/mol. The molecule has 16 heavy (non-hydrogen) atoms. The van der Waals surface area contributed by atoms with E-state index in [1.165, 1.54) is 13.1 Å². The van der Waals surface area contributed by atoms with Gasteiger partial charge in [-0.15, -0.1) is 5.10 Å². The minimum Gasteiger partial charge on any atom is -0.387 e. The van der Waals surface area contributed by atoms with Gasteiger partial charge < -0.3 is 15.7 Å². The Kier molecular flexibility index (Phi) is 2.63. The Labute approximate surface area is 92.3 Å². The average Bonchev–Trinajstić information content (AvgIpc) is 2.22. The van der Waals surface area contributed by atoms with Gasteiger partial charge in [-0.2, -0.15) is 10.1 Å². The van der Waals surface area contributed by atoms with Crippen LogP contribution in [0.4, 0.5) is 16.2 Å². The maximum atomic E-state index is 13.6. The minimum absolute atomic E-state index is 0.0537. The summed E-state index contributed by atoms with van der Waals surface area (Å²) in [4.78, 5) is 5.59. The van der Waals surface area contributed by atoms with E-state index in [4.69, 9.17) is 5.73 Å². The molecule has 3 N–H and O–H groups in total. The molecule has 1 aliphatic rings. The van der Waals surface area contributed by atoms with E-state index in [-0.39, 0.29) is 12.4 Å². The molecule has 1 aromatic rings. The van der Waals surface area contributed by atoms with Crippen LogP contribution in [0.25, 0.3) is 0 Å². The van der Waals surface area contributed by atoms with Crippen molar-refractivity contribution in [1.29, 1.82) is 0 Å². The first-order chi connectivity index (χ1) is 7.49. The number of rotatable bonds is 1. The van der Waals surface area contributed by atoms with Gasteiger partial charge in [0.25, 0.3) is 0 Å². The lowest BCUT2D eigenvalue weighted by Crippen LogP contribution is -2.52. The summed E-state index contributed by atoms with van der Waals surface area (Å²) >= 11 is 0. The molecule has 0 aromatic carbocycles. The van der Waals surface area contributed by atoms with Crippen LogP contribution in [-0.2, 0) is 0 Å². The molecule has 1 saturated heterocycles. The van der Waals surface area contributed by atoms with Crippen LogP contribution in [0, 0.1) is 0 Å². The van der Waals surface area contributed by atoms with Gasteiger partial charge >= 0.3 is 0 Å². The van der Waals surface area contributed by atoms with Crippen molar-refractivity contribution >= 4 is 11.8 Å². The second-order valence-electron chi connectivity index (χ2n) is 4.20. The third-order valence-corrected chi connectivity index (χ3v) is 2.79. The molecular formula is C9H14FN5O. The number of halogens is 1. The summed E-state index contributed by atoms with van der Waals surface area (Å²) in [6, 6.07) is 0. The molecule has 0 amide bonds. The molecule has 6 nitrogen and oxygen atoms in total. The highest BCUT2D eigenvalue weighted by Gasteiger charge is 2.38. The van der Waals surface area contributed by atoms with Crippen molar-refractivity contribution in [2.75, 3.05) is 23.7 Å². The molecule has 0 unspecified atom stereocenters. The van der Waals surface area contributed by atoms with Crippen molar-refractivity contribution in [1.82, 2.24) is 15.2 Å². The van der Waals surface area contributed by atoms with Gasteiger partial charge in [-0.05, 0) is 13.3 Å². The van der Waals surface area contributed by atoms with Crippen LogP contribution >= 0.6 is 0 Å². The van der Waals surface area contributed by atoms with Gasteiger partial charge in [-0.3, -0.25) is 0 Å². The topological polar surface area (TPSA) is 88.2 Å². The summed E-state index contributed by atoms with van der Waals surface area (Å²) in [5.74, 6) is 0.552. The van der Waals surface area contributed by atoms with Gasteiger partial charge in [0.1, 0.15) is 12.0 Å². The Bertz CT molecular complexity index is 386. The maximum Gasteiger partial charge on any atom is 0.247 e. The highest BCUT2D eigenvalue weighted by atomic mass is 19.1. The zero-order chi connectivity index (χ0) is 11.8. The van der Waals surface area contributed by atoms with Gasteiger partial charge in [0.15, 0.2) is 0 Å². The molecule has 0 spiro atoms. The van der Waals surface area contributed by atoms with E-state index in [2.05, 4.69) is 15.2 Å². The molecule has 0 aliphatic carbocycles. The fourth-order valence-electron chi connectivity index (χ4n) is 1.62. The van der Waals surface area contributed by atoms with Crippen LogP contribution < -0.4 is 10.6 Å². The molecule has 7 heteroatoms. The van der Waals surface area contributed by atoms with Crippen molar-refractivity contribution in [3.05, 3.63) is 6.20 Å². The second kappa shape index (κ2) is 3.82. The zero-order valence-corrected chi connectivity index (χ0v) is 8.97. The van der Waals surface area contributed by atoms with Crippen molar-refractivity contribution < 1.29 is 9.50 Å². The Balaban J connectivity index is 2.14. The average molecular weight is 227 g/mol. The lowest BCUT2D eigenvalue weighted by molar-refractivity contribution is -0.0332. The molecule has 88 valence electrons. The van der Waals surface area contributed by atoms with Crippen LogP contribution in [0.2, 0.25) is 0 Å². The standard InChI is InChI=1S/C9H14FN5O/c1-9(16)2-3-15(5-6(9)10)8-13-7(11)4-12-14-8/h4,6,16H,2-3,5H2,1H3,(H2,11,13,14)/t6-,9+/m1/s1. The third-order valence-electron chi connectivity index (χ3n) is 2.79. The van der Waals surface area contributed by atoms with Crippen LogP contribution in [0.15, 0.2) is 6.20 Å². The minimum atomic E-state index is -1.33. The van der Waals surface area contributed by atoms with E-state index in [0.29, 0.717) is 18.9 Å². The van der Waals surface area contributed by atoms with Crippen molar-refractivity contribution in [2.45, 2.75) is 25.1 Å². The van der Waals surface area contributed by atoms with E-state index >= 15 is 0 Å². The van der Waals surface area contributed by atoms with Crippen LogP contribution in [0.5, 0.6) is 0 Å². The van der Waals surface area contributed by atoms with Crippen molar-refractivity contribution in [2.24, 2.45) is 0 Å². The molecule has 0 bridgehead atoms. The monoisotopic (exact) mass is 227 g/mol. The first kappa shape index (κ1) is 11.0. The first-order valence-electron chi connectivity index (χ1n) is 5.05. The summed E-state index contributed by atoms with van der Waals surface area (Å²) < 4.78 is 13.6. The number of hydrogen-bond donors (Lipinski definition) is 2. The Morgan fingerprint density at radius 1 is 1.69 bits per heavy atom. The molecule has 1 fully saturated rings. The fourth-order valence-corrected chi connectivity index (χ4v) is 1.62. The van der Waals surface area contributed by atoms with Crippen LogP contribution in [0.1, 0.15) is 13.3 Å². The zero-order valence-electron chi connectivity index (χ0n) is 8.97. The van der Waals surface area contributed by atoms with Gasteiger partial charge in [-0.1, -0.05) is 0 Å². The van der Waals surface area contributed by atoms with Crippen molar-refractivity contribution in [3.63, 3.8) is 0 Å². The summed E-state index contributed by atoms with van der Waals surface area (Å²) in [6.45, 7) is 2.03. The Morgan fingerprint density at radius 2 is 2.44 bits per heavy atom. The first-order valence-corrected chi connectivity index (χ1v) is 5.05. The quantitative estimate of drug-likeness (QED) is 0.688. The summed E-state index contributed by atoms with van der Waals surface area (Å²) in [7, 11) is 0. The van der Waals surface area contributed by atoms with Gasteiger partial charge in [0.05, 0.1) is 18.3 Å². The molecule has 1 aromatic heterocycles. The number of aliphatic hydroxyl groups is 1. The van der Waals surface area contributed by atoms with Gasteiger partial charge in [-0.25, -0.2) is 4.39 Å². The highest BCUT2D eigenvalue weighted by Crippen LogP contribution is 2.26. The number of alkyl halides is 1. The Morgan fingerprint density at radius 3 is 3.06 bits per heavy atom. The summed E-state index contributed by atoms with van der Waals surface area (Å²) in [5, 5.41) is 17.1. The largest absolute Gasteiger partial charge is 0.387 e. The maximum absolute atomic E-state index is 13.6. The molecule has 0 saturated carbocycles. The fraction of sp³-hybridized carbons (Fsp3) is 0.667. The smallest absolute Gasteiger partial charge is 0.247 e. The van der Waals surface area contributed by atoms with Crippen molar-refractivity contribution in [3.8, 4) is 0 Å². The molecule has 2 atom stereocenters. The number of aromatic nitrogens is 3. The molecular weight excluding hydrogens is 213 g/mol. The van der Waals surface area contributed by atoms with E-state index in [1.807, 2.05) is 0 Å². The molecule has 1 aliphatic heterocycles. The SMILES string of the molecule is C[C@]1(O)CCN(c2nncc(N)n2)C[C@H]1F. The number of piperidine rings is 1. The van der Waals surface area contributed by atoms with Gasteiger partial charge in [0, 0.05) is 6.54 Å². The normalized spacial score (nSPS) is 30.4. The molecule has 0 radical (unpaired) electrons. The van der Waals surface area contributed by atoms with Gasteiger partial charge in [0.2, 0.25) is 5.95 Å². The number of anilines is 2. The van der Waals surface area contributed by atoms with E-state index in [1.54, 1.807) is 4.90 Å². The van der Waals surface area contributed by atoms with Crippen LogP contribution in [-0.4, -0.2) is 45.2 Å². The second-order valence-corrected chi connectivity index (χ2v) is 4.20. The highest BCUT2D eigenvalue weighted by molar-refractivity contribution is 5.36. The lowest BCUT2D eigenvalue weighted by Gasteiger charge is -2.38. The predicted octanol–water partition coefficient (Wildman–Crippen LogP) is -0.247. The van der Waals surface area contributed by atoms with Crippen LogP contribution in [0.3, 0.4) is 0 Å². The summed E-state index contributed by atoms with van der Waals surface area (Å²) in [6.07, 6.45) is 0.328. The van der Waals surface area contributed by atoms with E-state index in [0.717, 1.165) is 0 Å².